The fourth-order valence-electron chi connectivity index (χ4n) is 1.82. The van der Waals surface area contributed by atoms with Gasteiger partial charge < -0.3 is 14.5 Å². The van der Waals surface area contributed by atoms with E-state index in [-0.39, 0.29) is 6.04 Å². The molecule has 2 unspecified atom stereocenters. The van der Waals surface area contributed by atoms with Crippen molar-refractivity contribution in [3.63, 3.8) is 0 Å². The van der Waals surface area contributed by atoms with E-state index in [2.05, 4.69) is 31.2 Å². The topological polar surface area (TPSA) is 37.6 Å². The van der Waals surface area contributed by atoms with E-state index in [4.69, 9.17) is 9.15 Å². The van der Waals surface area contributed by atoms with Gasteiger partial charge in [0.1, 0.15) is 5.76 Å². The van der Waals surface area contributed by atoms with Crippen molar-refractivity contribution in [3.05, 3.63) is 24.2 Å². The lowest BCUT2D eigenvalue weighted by Crippen LogP contribution is -2.39. The van der Waals surface area contributed by atoms with Gasteiger partial charge in [-0.3, -0.25) is 4.90 Å². The number of likely N-dealkylation sites (N-methyl/N-ethyl adjacent to an activating group) is 1. The number of furan rings is 1. The van der Waals surface area contributed by atoms with E-state index < -0.39 is 0 Å². The van der Waals surface area contributed by atoms with Gasteiger partial charge in [-0.25, -0.2) is 0 Å². The van der Waals surface area contributed by atoms with Crippen LogP contribution in [0.3, 0.4) is 0 Å². The molecule has 0 saturated heterocycles. The van der Waals surface area contributed by atoms with Crippen LogP contribution in [0.15, 0.2) is 22.8 Å². The van der Waals surface area contributed by atoms with Gasteiger partial charge in [0.05, 0.1) is 18.9 Å². The van der Waals surface area contributed by atoms with E-state index in [0.717, 1.165) is 25.3 Å². The summed E-state index contributed by atoms with van der Waals surface area (Å²) in [4.78, 5) is 2.16. The van der Waals surface area contributed by atoms with Gasteiger partial charge in [-0.2, -0.15) is 0 Å². The lowest BCUT2D eigenvalue weighted by Gasteiger charge is -2.25. The van der Waals surface area contributed by atoms with Crippen molar-refractivity contribution in [1.82, 2.24) is 10.2 Å². The number of rotatable bonds is 8. The van der Waals surface area contributed by atoms with Crippen LogP contribution in [0.5, 0.6) is 0 Å². The lowest BCUT2D eigenvalue weighted by atomic mass is 10.1. The fourth-order valence-corrected chi connectivity index (χ4v) is 1.82. The average molecular weight is 240 g/mol. The molecule has 98 valence electrons. The summed E-state index contributed by atoms with van der Waals surface area (Å²) in [6, 6.07) is 4.61. The molecule has 1 heterocycles. The van der Waals surface area contributed by atoms with Gasteiger partial charge in [0.25, 0.3) is 0 Å². The van der Waals surface area contributed by atoms with E-state index in [1.807, 2.05) is 12.1 Å². The predicted octanol–water partition coefficient (Wildman–Crippen LogP) is 1.90. The largest absolute Gasteiger partial charge is 0.468 e. The Hall–Kier alpha value is -0.840. The molecule has 0 radical (unpaired) electrons. The Morgan fingerprint density at radius 2 is 2.24 bits per heavy atom. The normalized spacial score (nSPS) is 15.1. The molecule has 0 aliphatic heterocycles. The maximum Gasteiger partial charge on any atom is 0.122 e. The van der Waals surface area contributed by atoms with Crippen molar-refractivity contribution in [3.8, 4) is 0 Å². The van der Waals surface area contributed by atoms with Gasteiger partial charge in [0.2, 0.25) is 0 Å². The molecule has 2 atom stereocenters. The molecule has 0 amide bonds. The third-order valence-corrected chi connectivity index (χ3v) is 2.96. The number of nitrogens with zero attached hydrogens (tertiary/aromatic N) is 1. The minimum Gasteiger partial charge on any atom is -0.468 e. The maximum absolute atomic E-state index is 5.47. The average Bonchev–Trinajstić information content (AvgIpc) is 2.81. The first kappa shape index (κ1) is 14.2. The van der Waals surface area contributed by atoms with Crippen LogP contribution in [-0.2, 0) is 4.74 Å². The summed E-state index contributed by atoms with van der Waals surface area (Å²) < 4.78 is 10.6. The molecule has 1 aromatic rings. The Labute approximate surface area is 104 Å². The molecular formula is C13H24N2O2. The number of hydrogen-bond donors (Lipinski definition) is 1. The molecule has 0 aromatic carbocycles. The van der Waals surface area contributed by atoms with Gasteiger partial charge in [0.15, 0.2) is 0 Å². The maximum atomic E-state index is 5.47. The molecule has 0 saturated carbocycles. The van der Waals surface area contributed by atoms with Crippen LogP contribution >= 0.6 is 0 Å². The standard InChI is InChI=1S/C13H24N2O2/c1-5-11(10-16-4)14-9-12(15(2)3)13-7-6-8-17-13/h6-8,11-12,14H,5,9-10H2,1-4H3. The zero-order chi connectivity index (χ0) is 12.7. The van der Waals surface area contributed by atoms with Crippen LogP contribution in [0.1, 0.15) is 25.1 Å². The molecule has 17 heavy (non-hydrogen) atoms. The minimum atomic E-state index is 0.260. The molecule has 0 aliphatic carbocycles. The zero-order valence-corrected chi connectivity index (χ0v) is 11.3. The Balaban J connectivity index is 2.50. The first-order valence-corrected chi connectivity index (χ1v) is 6.11. The van der Waals surface area contributed by atoms with Crippen molar-refractivity contribution in [2.75, 3.05) is 34.4 Å². The Kier molecular flexibility index (Phi) is 6.26. The minimum absolute atomic E-state index is 0.260. The van der Waals surface area contributed by atoms with Crippen LogP contribution in [0, 0.1) is 0 Å². The van der Waals surface area contributed by atoms with E-state index in [1.54, 1.807) is 13.4 Å². The zero-order valence-electron chi connectivity index (χ0n) is 11.3. The van der Waals surface area contributed by atoms with Crippen molar-refractivity contribution < 1.29 is 9.15 Å². The Bertz CT molecular complexity index is 286. The van der Waals surface area contributed by atoms with E-state index in [9.17, 15) is 0 Å². The number of hydrogen-bond acceptors (Lipinski definition) is 4. The lowest BCUT2D eigenvalue weighted by molar-refractivity contribution is 0.155. The van der Waals surface area contributed by atoms with Crippen LogP contribution in [0.4, 0.5) is 0 Å². The van der Waals surface area contributed by atoms with Crippen molar-refractivity contribution in [1.29, 1.82) is 0 Å². The van der Waals surface area contributed by atoms with Gasteiger partial charge >= 0.3 is 0 Å². The molecule has 1 N–H and O–H groups in total. The summed E-state index contributed by atoms with van der Waals surface area (Å²) in [6.45, 7) is 3.77. The third-order valence-electron chi connectivity index (χ3n) is 2.96. The highest BCUT2D eigenvalue weighted by Crippen LogP contribution is 2.17. The highest BCUT2D eigenvalue weighted by Gasteiger charge is 2.18. The SMILES string of the molecule is CCC(COC)NCC(c1ccco1)N(C)C. The highest BCUT2D eigenvalue weighted by atomic mass is 16.5. The highest BCUT2D eigenvalue weighted by molar-refractivity contribution is 5.05. The second kappa shape index (κ2) is 7.48. The van der Waals surface area contributed by atoms with Gasteiger partial charge in [0, 0.05) is 19.7 Å². The smallest absolute Gasteiger partial charge is 0.122 e. The Morgan fingerprint density at radius 3 is 2.71 bits per heavy atom. The predicted molar refractivity (Wildman–Crippen MR) is 69.1 cm³/mol. The van der Waals surface area contributed by atoms with E-state index >= 15 is 0 Å². The Morgan fingerprint density at radius 1 is 1.47 bits per heavy atom. The molecule has 4 nitrogen and oxygen atoms in total. The van der Waals surface area contributed by atoms with Crippen LogP contribution in [0.25, 0.3) is 0 Å². The van der Waals surface area contributed by atoms with Gasteiger partial charge in [-0.1, -0.05) is 6.92 Å². The van der Waals surface area contributed by atoms with Crippen LogP contribution in [-0.4, -0.2) is 45.3 Å². The monoisotopic (exact) mass is 240 g/mol. The van der Waals surface area contributed by atoms with Gasteiger partial charge in [-0.05, 0) is 32.6 Å². The second-order valence-electron chi connectivity index (χ2n) is 4.46. The molecule has 4 heteroatoms. The quantitative estimate of drug-likeness (QED) is 0.753. The number of ether oxygens (including phenoxy) is 1. The molecule has 1 aromatic heterocycles. The summed E-state index contributed by atoms with van der Waals surface area (Å²) in [7, 11) is 5.86. The molecule has 0 bridgehead atoms. The molecule has 0 spiro atoms. The van der Waals surface area contributed by atoms with Crippen LogP contribution < -0.4 is 5.32 Å². The van der Waals surface area contributed by atoms with Crippen molar-refractivity contribution in [2.24, 2.45) is 0 Å². The molecule has 0 aliphatic rings. The summed E-state index contributed by atoms with van der Waals surface area (Å²) in [5, 5.41) is 3.51. The van der Waals surface area contributed by atoms with E-state index in [0.29, 0.717) is 6.04 Å². The van der Waals surface area contributed by atoms with Crippen LogP contribution in [0.2, 0.25) is 0 Å². The second-order valence-corrected chi connectivity index (χ2v) is 4.46. The van der Waals surface area contributed by atoms with E-state index in [1.165, 1.54) is 0 Å². The van der Waals surface area contributed by atoms with Crippen molar-refractivity contribution in [2.45, 2.75) is 25.4 Å². The third kappa shape index (κ3) is 4.50. The van der Waals surface area contributed by atoms with Crippen molar-refractivity contribution >= 4 is 0 Å². The van der Waals surface area contributed by atoms with Gasteiger partial charge in [-0.15, -0.1) is 0 Å². The number of methoxy groups -OCH3 is 1. The molecule has 1 rings (SSSR count). The summed E-state index contributed by atoms with van der Waals surface area (Å²) in [5.74, 6) is 0.995. The number of nitrogens with one attached hydrogen (secondary N) is 1. The first-order valence-electron chi connectivity index (χ1n) is 6.11. The first-order chi connectivity index (χ1) is 8.19. The summed E-state index contributed by atoms with van der Waals surface area (Å²) >= 11 is 0. The fraction of sp³-hybridized carbons (Fsp3) is 0.692. The molecule has 0 fully saturated rings. The summed E-state index contributed by atoms with van der Waals surface area (Å²) in [5.41, 5.74) is 0. The summed E-state index contributed by atoms with van der Waals surface area (Å²) in [6.07, 6.45) is 2.78. The molecular weight excluding hydrogens is 216 g/mol.